The second-order valence-corrected chi connectivity index (χ2v) is 24.5. The number of ketones is 6. The van der Waals surface area contributed by atoms with Crippen molar-refractivity contribution in [2.24, 2.45) is 5.92 Å². The maximum absolute atomic E-state index is 13.0. The molecule has 1 radical (unpaired) electrons. The first-order chi connectivity index (χ1) is 43.5. The summed E-state index contributed by atoms with van der Waals surface area (Å²) in [6, 6.07) is 43.5. The Labute approximate surface area is 581 Å². The molecule has 6 aromatic rings. The summed E-state index contributed by atoms with van der Waals surface area (Å²) in [6.07, 6.45) is 10.5. The molecule has 489 valence electrons. The van der Waals surface area contributed by atoms with Gasteiger partial charge < -0.3 is 19.8 Å². The molecule has 3 fully saturated rings. The van der Waals surface area contributed by atoms with Gasteiger partial charge in [-0.25, -0.2) is 14.4 Å². The first-order valence-electron chi connectivity index (χ1n) is 29.0. The Bertz CT molecular complexity index is 3900. The molecule has 0 heterocycles. The van der Waals surface area contributed by atoms with Crippen LogP contribution in [0.15, 0.2) is 178 Å². The van der Waals surface area contributed by atoms with Crippen LogP contribution in [0, 0.1) is 16.0 Å². The van der Waals surface area contributed by atoms with Gasteiger partial charge in [-0.2, -0.15) is 0 Å². The van der Waals surface area contributed by atoms with Crippen molar-refractivity contribution < 1.29 is 90.4 Å². The largest absolute Gasteiger partial charge is 0.473 e. The van der Waals surface area contributed by atoms with Crippen molar-refractivity contribution in [2.75, 3.05) is 0 Å². The number of carboxylic acids is 1. The van der Waals surface area contributed by atoms with Gasteiger partial charge in [0.15, 0.2) is 11.6 Å². The zero-order valence-corrected chi connectivity index (χ0v) is 54.6. The van der Waals surface area contributed by atoms with Crippen molar-refractivity contribution in [1.29, 1.82) is 0 Å². The summed E-state index contributed by atoms with van der Waals surface area (Å²) in [5.74, 6) is -4.07. The van der Waals surface area contributed by atoms with E-state index in [2.05, 4.69) is 12.1 Å². The Balaban J connectivity index is 0.000000198. The second-order valence-electron chi connectivity index (χ2n) is 22.1. The van der Waals surface area contributed by atoms with Crippen molar-refractivity contribution in [1.82, 2.24) is 0 Å². The van der Waals surface area contributed by atoms with E-state index in [0.29, 0.717) is 81.3 Å². The standard InChI is InChI=1S/C23H18Cl2O4.C22H18Cl2O2.C14H15ClO4.C10H5ClO2.CH4.Ag.HNO3/c24-15-9-5-13(6-10-15)14-7-11-16(12-8-14)29-23(28)19-20(25)22(27)18-4-2-1-3-17(18)21(19)26;23-16-11-9-14(10-12-16)13-5-7-15(8-6-13)19-20(24)22(26)18-4-2-1-3-17(18)21(19)25;15-11-5-1-9(2-6-11)10-3-7-12(8-4-10)19-14(18)13(16)17;11-8-5-9(12)6-3-1-2-4-7(6)10(8)13;;;2-1(3)4/h1-6,9-10,14,16H,7-8,11-12H2;1-4,9-13,15H,5-8H2;1-2,5-6,10,12H,3-4,7-8H2,(H,16,17);1-5H;1H4;;(H,2,3,4). The average Bonchev–Trinajstić information content (AvgIpc) is 0.792. The van der Waals surface area contributed by atoms with Gasteiger partial charge in [0.1, 0.15) is 22.8 Å². The van der Waals surface area contributed by atoms with E-state index in [9.17, 15) is 43.2 Å². The zero-order chi connectivity index (χ0) is 65.6. The van der Waals surface area contributed by atoms with Crippen LogP contribution in [0.3, 0.4) is 0 Å². The minimum atomic E-state index is -1.53. The molecule has 0 unspecified atom stereocenters. The molecule has 16 nitrogen and oxygen atoms in total. The van der Waals surface area contributed by atoms with Crippen molar-refractivity contribution in [3.8, 4) is 0 Å². The number of esters is 2. The van der Waals surface area contributed by atoms with Crippen LogP contribution in [0.1, 0.15) is 181 Å². The van der Waals surface area contributed by atoms with Crippen molar-refractivity contribution in [2.45, 2.75) is 114 Å². The summed E-state index contributed by atoms with van der Waals surface area (Å²) in [5.41, 5.74) is 5.99. The van der Waals surface area contributed by atoms with Gasteiger partial charge in [0.25, 0.3) is 5.09 Å². The number of carboxylic acid groups (broad SMARTS) is 1. The molecule has 23 heteroatoms. The minimum absolute atomic E-state index is 0. The molecule has 12 rings (SSSR count). The predicted octanol–water partition coefficient (Wildman–Crippen LogP) is 17.1. The first kappa shape index (κ1) is 74.7. The number of carbonyl (C=O) groups excluding carboxylic acids is 8. The predicted molar refractivity (Wildman–Crippen MR) is 349 cm³/mol. The second kappa shape index (κ2) is 34.7. The number of Topliss-reactive ketones (excluding diaryl/α,β-unsaturated/α-hetero) is 5. The summed E-state index contributed by atoms with van der Waals surface area (Å²) in [4.78, 5) is 116. The number of rotatable bonds is 7. The fourth-order valence-corrected chi connectivity index (χ4v) is 13.1. The quantitative estimate of drug-likeness (QED) is 0.0376. The van der Waals surface area contributed by atoms with Crippen LogP contribution in [-0.4, -0.2) is 80.2 Å². The zero-order valence-electron chi connectivity index (χ0n) is 48.6. The number of allylic oxidation sites excluding steroid dienone is 5. The van der Waals surface area contributed by atoms with Gasteiger partial charge in [-0.1, -0.05) is 186 Å². The number of halogens is 6. The van der Waals surface area contributed by atoms with E-state index < -0.39 is 34.6 Å². The molecule has 6 aliphatic rings. The van der Waals surface area contributed by atoms with Gasteiger partial charge in [0.05, 0.1) is 10.1 Å². The van der Waals surface area contributed by atoms with Crippen LogP contribution in [0.4, 0.5) is 0 Å². The number of nitrogens with zero attached hydrogens (tertiary/aromatic N) is 1. The molecule has 2 N–H and O–H groups in total. The first-order valence-corrected chi connectivity index (χ1v) is 31.2. The summed E-state index contributed by atoms with van der Waals surface area (Å²) >= 11 is 35.8. The molecule has 6 aliphatic carbocycles. The van der Waals surface area contributed by atoms with E-state index >= 15 is 0 Å². The van der Waals surface area contributed by atoms with E-state index in [-0.39, 0.29) is 103 Å². The van der Waals surface area contributed by atoms with Crippen molar-refractivity contribution in [3.63, 3.8) is 0 Å². The van der Waals surface area contributed by atoms with Gasteiger partial charge in [-0.05, 0) is 154 Å². The monoisotopic (exact) mass is 1470 g/mol. The number of hydrogen-bond acceptors (Lipinski definition) is 13. The van der Waals surface area contributed by atoms with E-state index in [1.165, 1.54) is 28.8 Å². The Morgan fingerprint density at radius 2 is 0.742 bits per heavy atom. The molecule has 0 aromatic heterocycles. The molecule has 3 saturated carbocycles. The van der Waals surface area contributed by atoms with Crippen LogP contribution in [0.5, 0.6) is 0 Å². The molecule has 0 spiro atoms. The minimum Gasteiger partial charge on any atom is -0.473 e. The summed E-state index contributed by atoms with van der Waals surface area (Å²) in [5, 5.41) is 24.0. The third-order valence-electron chi connectivity index (χ3n) is 16.5. The SMILES string of the molecule is C.O=C(O)C(=O)OC1CCC(c2ccc(Cl)cc2)CC1.O=C(OC1CCC(c2ccc(Cl)cc2)CC1)C1=C(Cl)C(=O)c2ccccc2C1=O.O=C1C(Cl)=C(C2CCC(c3ccc(Cl)cc3)CC2)C(=O)c2ccccc21.O=C1C=C(Cl)C(=O)c2ccccc21.O=[N+]([O-])O.[Ag]. The van der Waals surface area contributed by atoms with Gasteiger partial charge in [0, 0.05) is 82.5 Å². The number of hydrogen-bond donors (Lipinski definition) is 2. The summed E-state index contributed by atoms with van der Waals surface area (Å²) in [6.45, 7) is 0. The molecular weight excluding hydrogens is 1420 g/mol. The Hall–Kier alpha value is -7.35. The Morgan fingerprint density at radius 3 is 1.13 bits per heavy atom. The molecule has 0 saturated heterocycles. The van der Waals surface area contributed by atoms with Crippen LogP contribution in [-0.2, 0) is 46.2 Å². The molecule has 6 aromatic carbocycles. The molecule has 0 aliphatic heterocycles. The average molecular weight is 1480 g/mol. The molecule has 93 heavy (non-hydrogen) atoms. The van der Waals surface area contributed by atoms with E-state index in [4.69, 9.17) is 99.5 Å². The van der Waals surface area contributed by atoms with Gasteiger partial charge in [-0.3, -0.25) is 28.8 Å². The number of ether oxygens (including phenoxy) is 2. The van der Waals surface area contributed by atoms with E-state index in [0.717, 1.165) is 62.5 Å². The van der Waals surface area contributed by atoms with Crippen LogP contribution in [0.25, 0.3) is 0 Å². The maximum atomic E-state index is 13.0. The summed E-state index contributed by atoms with van der Waals surface area (Å²) in [7, 11) is 0. The molecule has 0 bridgehead atoms. The van der Waals surface area contributed by atoms with Gasteiger partial charge >= 0.3 is 17.9 Å². The van der Waals surface area contributed by atoms with Crippen LogP contribution >= 0.6 is 69.6 Å². The summed E-state index contributed by atoms with van der Waals surface area (Å²) < 4.78 is 10.5. The Morgan fingerprint density at radius 1 is 0.430 bits per heavy atom. The number of fused-ring (bicyclic) bond motifs is 3. The topological polar surface area (TPSA) is 256 Å². The van der Waals surface area contributed by atoms with Crippen LogP contribution < -0.4 is 0 Å². The molecular formula is C70H61AgCl6NO15. The number of carbonyl (C=O) groups is 9. The Kier molecular flexibility index (Phi) is 27.9. The third-order valence-corrected chi connectivity index (χ3v) is 18.3. The number of aliphatic carboxylic acids is 1. The van der Waals surface area contributed by atoms with Crippen LogP contribution in [0.2, 0.25) is 15.1 Å². The smallest absolute Gasteiger partial charge is 0.417 e. The third kappa shape index (κ3) is 19.2. The van der Waals surface area contributed by atoms with Crippen molar-refractivity contribution in [3.05, 3.63) is 253 Å². The van der Waals surface area contributed by atoms with Gasteiger partial charge in [0.2, 0.25) is 23.1 Å². The number of benzene rings is 6. The normalized spacial score (nSPS) is 20.3. The fraction of sp³-hybridized carbons (Fsp3) is 0.271. The van der Waals surface area contributed by atoms with E-state index in [1.807, 2.05) is 60.7 Å². The van der Waals surface area contributed by atoms with E-state index in [1.54, 1.807) is 60.7 Å². The van der Waals surface area contributed by atoms with Gasteiger partial charge in [-0.15, -0.1) is 10.1 Å². The molecule has 0 atom stereocenters. The maximum Gasteiger partial charge on any atom is 0.417 e. The fourth-order valence-electron chi connectivity index (χ4n) is 11.9. The molecule has 0 amide bonds. The van der Waals surface area contributed by atoms with Crippen molar-refractivity contribution >= 4 is 122 Å².